The molecule has 0 fully saturated rings. The number of ether oxygens (including phenoxy) is 1. The van der Waals surface area contributed by atoms with Gasteiger partial charge in [-0.25, -0.2) is 0 Å². The molecule has 2 N–H and O–H groups in total. The van der Waals surface area contributed by atoms with Crippen molar-refractivity contribution in [2.45, 2.75) is 13.3 Å². The summed E-state index contributed by atoms with van der Waals surface area (Å²) < 4.78 is 4.67. The Balaban J connectivity index is 0.00000400. The quantitative estimate of drug-likeness (QED) is 0.322. The SMILES string of the molecule is CN=C(NCCc1ccccn1)NCC(C)C(=O)OC.I. The summed E-state index contributed by atoms with van der Waals surface area (Å²) >= 11 is 0. The van der Waals surface area contributed by atoms with Crippen molar-refractivity contribution in [2.75, 3.05) is 27.2 Å². The van der Waals surface area contributed by atoms with Crippen LogP contribution < -0.4 is 10.6 Å². The molecular weight excluding hydrogens is 383 g/mol. The maximum Gasteiger partial charge on any atom is 0.310 e. The molecule has 118 valence electrons. The number of methoxy groups -OCH3 is 1. The van der Waals surface area contributed by atoms with E-state index in [1.54, 1.807) is 20.2 Å². The Morgan fingerprint density at radius 2 is 2.19 bits per heavy atom. The number of esters is 1. The largest absolute Gasteiger partial charge is 0.469 e. The van der Waals surface area contributed by atoms with Crippen LogP contribution in [0.3, 0.4) is 0 Å². The standard InChI is InChI=1S/C14H22N4O2.HI/c1-11(13(19)20-3)10-18-14(15-2)17-9-7-12-6-4-5-8-16-12;/h4-6,8,11H,7,9-10H2,1-3H3,(H2,15,17,18);1H. The van der Waals surface area contributed by atoms with Crippen molar-refractivity contribution in [3.63, 3.8) is 0 Å². The summed E-state index contributed by atoms with van der Waals surface area (Å²) in [6.07, 6.45) is 2.59. The third-order valence-electron chi connectivity index (χ3n) is 2.80. The maximum atomic E-state index is 11.3. The Kier molecular flexibility index (Phi) is 10.6. The van der Waals surface area contributed by atoms with E-state index >= 15 is 0 Å². The van der Waals surface area contributed by atoms with Crippen molar-refractivity contribution >= 4 is 35.9 Å². The first kappa shape index (κ1) is 19.6. The van der Waals surface area contributed by atoms with Crippen LogP contribution in [-0.4, -0.2) is 44.2 Å². The number of aliphatic imine (C=N–C) groups is 1. The predicted molar refractivity (Wildman–Crippen MR) is 93.9 cm³/mol. The number of halogens is 1. The Morgan fingerprint density at radius 3 is 2.76 bits per heavy atom. The van der Waals surface area contributed by atoms with Gasteiger partial charge in [0.2, 0.25) is 0 Å². The van der Waals surface area contributed by atoms with Crippen LogP contribution in [-0.2, 0) is 16.0 Å². The molecule has 0 saturated heterocycles. The van der Waals surface area contributed by atoms with Gasteiger partial charge in [-0.1, -0.05) is 13.0 Å². The molecule has 21 heavy (non-hydrogen) atoms. The summed E-state index contributed by atoms with van der Waals surface area (Å²) in [7, 11) is 3.08. The number of hydrogen-bond donors (Lipinski definition) is 2. The van der Waals surface area contributed by atoms with Gasteiger partial charge in [-0.3, -0.25) is 14.8 Å². The number of rotatable bonds is 6. The molecule has 0 aromatic carbocycles. The van der Waals surface area contributed by atoms with E-state index in [-0.39, 0.29) is 35.9 Å². The van der Waals surface area contributed by atoms with Crippen LogP contribution in [0.2, 0.25) is 0 Å². The first-order chi connectivity index (χ1) is 9.67. The summed E-state index contributed by atoms with van der Waals surface area (Å²) in [5.74, 6) is 0.215. The van der Waals surface area contributed by atoms with Crippen LogP contribution in [0.15, 0.2) is 29.4 Å². The molecule has 0 amide bonds. The van der Waals surface area contributed by atoms with Crippen molar-refractivity contribution in [2.24, 2.45) is 10.9 Å². The van der Waals surface area contributed by atoms with Gasteiger partial charge in [-0.2, -0.15) is 0 Å². The Hall–Kier alpha value is -1.38. The van der Waals surface area contributed by atoms with Gasteiger partial charge in [0.05, 0.1) is 13.0 Å². The molecule has 0 aliphatic carbocycles. The first-order valence-corrected chi connectivity index (χ1v) is 6.59. The molecule has 1 unspecified atom stereocenters. The Bertz CT molecular complexity index is 440. The molecule has 1 aromatic heterocycles. The number of hydrogen-bond acceptors (Lipinski definition) is 4. The molecule has 1 rings (SSSR count). The average Bonchev–Trinajstić information content (AvgIpc) is 2.50. The molecule has 0 aliphatic rings. The molecule has 0 bridgehead atoms. The molecule has 0 saturated carbocycles. The highest BCUT2D eigenvalue weighted by Crippen LogP contribution is 1.95. The number of nitrogens with zero attached hydrogens (tertiary/aromatic N) is 2. The van der Waals surface area contributed by atoms with Gasteiger partial charge in [0.1, 0.15) is 0 Å². The van der Waals surface area contributed by atoms with E-state index in [4.69, 9.17) is 0 Å². The van der Waals surface area contributed by atoms with Crippen molar-refractivity contribution < 1.29 is 9.53 Å². The van der Waals surface area contributed by atoms with E-state index in [0.29, 0.717) is 12.5 Å². The highest BCUT2D eigenvalue weighted by molar-refractivity contribution is 14.0. The fraction of sp³-hybridized carbons (Fsp3) is 0.500. The summed E-state index contributed by atoms with van der Waals surface area (Å²) in [4.78, 5) is 19.6. The first-order valence-electron chi connectivity index (χ1n) is 6.59. The second-order valence-corrected chi connectivity index (χ2v) is 4.38. The van der Waals surface area contributed by atoms with Gasteiger partial charge in [0.15, 0.2) is 5.96 Å². The summed E-state index contributed by atoms with van der Waals surface area (Å²) in [6, 6.07) is 5.84. The number of pyridine rings is 1. The topological polar surface area (TPSA) is 75.6 Å². The fourth-order valence-electron chi connectivity index (χ4n) is 1.61. The third-order valence-corrected chi connectivity index (χ3v) is 2.80. The monoisotopic (exact) mass is 406 g/mol. The van der Waals surface area contributed by atoms with Crippen LogP contribution in [0.4, 0.5) is 0 Å². The number of nitrogens with one attached hydrogen (secondary N) is 2. The smallest absolute Gasteiger partial charge is 0.310 e. The predicted octanol–water partition coefficient (Wildman–Crippen LogP) is 1.22. The molecule has 1 atom stereocenters. The lowest BCUT2D eigenvalue weighted by atomic mass is 10.2. The minimum atomic E-state index is -0.235. The van der Waals surface area contributed by atoms with Gasteiger partial charge in [-0.15, -0.1) is 24.0 Å². The van der Waals surface area contributed by atoms with Gasteiger partial charge in [0, 0.05) is 38.4 Å². The number of carbonyl (C=O) groups excluding carboxylic acids is 1. The van der Waals surface area contributed by atoms with Crippen LogP contribution in [0.1, 0.15) is 12.6 Å². The number of guanidine groups is 1. The van der Waals surface area contributed by atoms with E-state index < -0.39 is 0 Å². The van der Waals surface area contributed by atoms with Gasteiger partial charge in [-0.05, 0) is 12.1 Å². The van der Waals surface area contributed by atoms with E-state index in [2.05, 4.69) is 25.3 Å². The zero-order chi connectivity index (χ0) is 14.8. The lowest BCUT2D eigenvalue weighted by molar-refractivity contribution is -0.144. The summed E-state index contributed by atoms with van der Waals surface area (Å²) in [5.41, 5.74) is 1.03. The van der Waals surface area contributed by atoms with Crippen LogP contribution >= 0.6 is 24.0 Å². The van der Waals surface area contributed by atoms with Crippen molar-refractivity contribution in [1.29, 1.82) is 0 Å². The Morgan fingerprint density at radius 1 is 1.43 bits per heavy atom. The van der Waals surface area contributed by atoms with Crippen molar-refractivity contribution in [3.8, 4) is 0 Å². The Labute approximate surface area is 142 Å². The lowest BCUT2D eigenvalue weighted by Crippen LogP contribution is -2.41. The maximum absolute atomic E-state index is 11.3. The average molecular weight is 406 g/mol. The highest BCUT2D eigenvalue weighted by Gasteiger charge is 2.13. The second-order valence-electron chi connectivity index (χ2n) is 4.38. The molecule has 1 heterocycles. The third kappa shape index (κ3) is 7.84. The molecular formula is C14H23IN4O2. The van der Waals surface area contributed by atoms with Crippen molar-refractivity contribution in [3.05, 3.63) is 30.1 Å². The fourth-order valence-corrected chi connectivity index (χ4v) is 1.61. The zero-order valence-electron chi connectivity index (χ0n) is 12.6. The molecule has 1 aromatic rings. The van der Waals surface area contributed by atoms with Gasteiger partial charge >= 0.3 is 5.97 Å². The zero-order valence-corrected chi connectivity index (χ0v) is 15.0. The van der Waals surface area contributed by atoms with E-state index in [0.717, 1.165) is 18.7 Å². The van der Waals surface area contributed by atoms with Crippen LogP contribution in [0.5, 0.6) is 0 Å². The molecule has 7 heteroatoms. The molecule has 0 spiro atoms. The molecule has 0 aliphatic heterocycles. The number of aromatic nitrogens is 1. The lowest BCUT2D eigenvalue weighted by Gasteiger charge is -2.14. The van der Waals surface area contributed by atoms with Gasteiger partial charge < -0.3 is 15.4 Å². The second kappa shape index (κ2) is 11.3. The molecule has 0 radical (unpaired) electrons. The van der Waals surface area contributed by atoms with E-state index in [9.17, 15) is 4.79 Å². The summed E-state index contributed by atoms with van der Waals surface area (Å²) in [5, 5.41) is 6.27. The molecule has 6 nitrogen and oxygen atoms in total. The summed E-state index contributed by atoms with van der Waals surface area (Å²) in [6.45, 7) is 3.01. The van der Waals surface area contributed by atoms with Gasteiger partial charge in [0.25, 0.3) is 0 Å². The van der Waals surface area contributed by atoms with E-state index in [1.165, 1.54) is 7.11 Å². The minimum Gasteiger partial charge on any atom is -0.469 e. The number of carbonyl (C=O) groups is 1. The van der Waals surface area contributed by atoms with Crippen LogP contribution in [0, 0.1) is 5.92 Å². The minimum absolute atomic E-state index is 0. The highest BCUT2D eigenvalue weighted by atomic mass is 127. The normalized spacial score (nSPS) is 12.0. The van der Waals surface area contributed by atoms with Crippen LogP contribution in [0.25, 0.3) is 0 Å². The van der Waals surface area contributed by atoms with Crippen molar-refractivity contribution in [1.82, 2.24) is 15.6 Å². The van der Waals surface area contributed by atoms with E-state index in [1.807, 2.05) is 18.2 Å².